The molecule has 0 unspecified atom stereocenters. The van der Waals surface area contributed by atoms with E-state index in [1.807, 2.05) is 12.1 Å². The topological polar surface area (TPSA) is 33.1 Å². The number of aromatic nitrogens is 1. The summed E-state index contributed by atoms with van der Waals surface area (Å²) in [6, 6.07) is 3.79. The molecule has 0 saturated carbocycles. The molecule has 58 valence electrons. The average Bonchev–Trinajstić information content (AvgIpc) is 2.07. The Kier molecular flexibility index (Phi) is 2.81. The minimum Gasteiger partial charge on any atom is -0.396 e. The van der Waals surface area contributed by atoms with Crippen LogP contribution in [0.3, 0.4) is 0 Å². The maximum absolute atomic E-state index is 8.62. The molecule has 1 heterocycles. The van der Waals surface area contributed by atoms with Gasteiger partial charge in [0, 0.05) is 19.0 Å². The van der Waals surface area contributed by atoms with Crippen molar-refractivity contribution in [1.82, 2.24) is 4.98 Å². The number of rotatable bonds is 3. The second-order valence-electron chi connectivity index (χ2n) is 2.32. The minimum absolute atomic E-state index is 0.147. The van der Waals surface area contributed by atoms with E-state index in [1.165, 1.54) is 0 Å². The van der Waals surface area contributed by atoms with Crippen molar-refractivity contribution >= 4 is 5.57 Å². The molecule has 1 N–H and O–H groups in total. The fourth-order valence-electron chi connectivity index (χ4n) is 0.851. The Morgan fingerprint density at radius 2 is 2.45 bits per heavy atom. The second-order valence-corrected chi connectivity index (χ2v) is 2.32. The Balaban J connectivity index is 2.69. The van der Waals surface area contributed by atoms with Crippen molar-refractivity contribution < 1.29 is 5.11 Å². The second kappa shape index (κ2) is 3.88. The molecule has 0 spiro atoms. The van der Waals surface area contributed by atoms with Gasteiger partial charge in [-0.2, -0.15) is 0 Å². The Morgan fingerprint density at radius 3 is 3.00 bits per heavy atom. The van der Waals surface area contributed by atoms with E-state index in [4.69, 9.17) is 5.11 Å². The molecule has 0 aliphatic rings. The summed E-state index contributed by atoms with van der Waals surface area (Å²) >= 11 is 0. The third-order valence-corrected chi connectivity index (χ3v) is 1.48. The van der Waals surface area contributed by atoms with E-state index < -0.39 is 0 Å². The SMILES string of the molecule is C=C(CCO)c1cccnc1. The fourth-order valence-corrected chi connectivity index (χ4v) is 0.851. The lowest BCUT2D eigenvalue weighted by atomic mass is 10.1. The highest BCUT2D eigenvalue weighted by Crippen LogP contribution is 2.12. The Hall–Kier alpha value is -1.15. The van der Waals surface area contributed by atoms with Crippen molar-refractivity contribution in [2.75, 3.05) is 6.61 Å². The van der Waals surface area contributed by atoms with E-state index >= 15 is 0 Å². The number of hydrogen-bond donors (Lipinski definition) is 1. The van der Waals surface area contributed by atoms with Gasteiger partial charge in [0.05, 0.1) is 0 Å². The predicted octanol–water partition coefficient (Wildman–Crippen LogP) is 1.48. The van der Waals surface area contributed by atoms with Gasteiger partial charge in [-0.05, 0) is 23.6 Å². The van der Waals surface area contributed by atoms with Crippen molar-refractivity contribution in [1.29, 1.82) is 0 Å². The molecule has 0 atom stereocenters. The molecule has 1 aromatic heterocycles. The normalized spacial score (nSPS) is 9.55. The maximum atomic E-state index is 8.62. The molecule has 1 rings (SSSR count). The molecule has 2 nitrogen and oxygen atoms in total. The molecule has 0 bridgehead atoms. The van der Waals surface area contributed by atoms with E-state index in [0.29, 0.717) is 6.42 Å². The van der Waals surface area contributed by atoms with Crippen molar-refractivity contribution in [3.63, 3.8) is 0 Å². The zero-order chi connectivity index (χ0) is 8.10. The first kappa shape index (κ1) is 7.95. The van der Waals surface area contributed by atoms with Crippen molar-refractivity contribution in [2.45, 2.75) is 6.42 Å². The van der Waals surface area contributed by atoms with Gasteiger partial charge in [-0.25, -0.2) is 0 Å². The molecule has 0 aliphatic carbocycles. The van der Waals surface area contributed by atoms with Gasteiger partial charge in [0.2, 0.25) is 0 Å². The van der Waals surface area contributed by atoms with Crippen LogP contribution in [0.5, 0.6) is 0 Å². The van der Waals surface area contributed by atoms with E-state index in [9.17, 15) is 0 Å². The van der Waals surface area contributed by atoms with Crippen LogP contribution >= 0.6 is 0 Å². The van der Waals surface area contributed by atoms with Crippen LogP contribution in [0.1, 0.15) is 12.0 Å². The molecule has 2 heteroatoms. The van der Waals surface area contributed by atoms with Gasteiger partial charge in [-0.1, -0.05) is 12.6 Å². The standard InChI is InChI=1S/C9H11NO/c1-8(4-6-11)9-3-2-5-10-7-9/h2-3,5,7,11H,1,4,6H2. The van der Waals surface area contributed by atoms with Gasteiger partial charge in [-0.15, -0.1) is 0 Å². The molecule has 0 saturated heterocycles. The quantitative estimate of drug-likeness (QED) is 0.706. The summed E-state index contributed by atoms with van der Waals surface area (Å²) in [7, 11) is 0. The zero-order valence-corrected chi connectivity index (χ0v) is 6.33. The predicted molar refractivity (Wildman–Crippen MR) is 45.0 cm³/mol. The van der Waals surface area contributed by atoms with Crippen molar-refractivity contribution in [3.8, 4) is 0 Å². The van der Waals surface area contributed by atoms with Crippen LogP contribution in [-0.2, 0) is 0 Å². The van der Waals surface area contributed by atoms with Crippen LogP contribution < -0.4 is 0 Å². The van der Waals surface area contributed by atoms with E-state index in [2.05, 4.69) is 11.6 Å². The molecule has 0 radical (unpaired) electrons. The van der Waals surface area contributed by atoms with Gasteiger partial charge in [0.25, 0.3) is 0 Å². The summed E-state index contributed by atoms with van der Waals surface area (Å²) in [6.45, 7) is 3.96. The minimum atomic E-state index is 0.147. The summed E-state index contributed by atoms with van der Waals surface area (Å²) in [4.78, 5) is 3.95. The first-order valence-electron chi connectivity index (χ1n) is 3.53. The number of pyridine rings is 1. The van der Waals surface area contributed by atoms with Crippen molar-refractivity contribution in [3.05, 3.63) is 36.7 Å². The molecule has 0 aromatic carbocycles. The lowest BCUT2D eigenvalue weighted by Gasteiger charge is -2.00. The van der Waals surface area contributed by atoms with Crippen LogP contribution in [0.15, 0.2) is 31.1 Å². The van der Waals surface area contributed by atoms with Crippen LogP contribution in [0.25, 0.3) is 5.57 Å². The molecule has 0 aliphatic heterocycles. The first-order valence-corrected chi connectivity index (χ1v) is 3.53. The number of nitrogens with zero attached hydrogens (tertiary/aromatic N) is 1. The van der Waals surface area contributed by atoms with E-state index in [0.717, 1.165) is 11.1 Å². The molecule has 1 aromatic rings. The first-order chi connectivity index (χ1) is 5.34. The van der Waals surface area contributed by atoms with Gasteiger partial charge in [0.1, 0.15) is 0 Å². The largest absolute Gasteiger partial charge is 0.396 e. The Morgan fingerprint density at radius 1 is 1.64 bits per heavy atom. The zero-order valence-electron chi connectivity index (χ0n) is 6.33. The molecule has 0 fully saturated rings. The molecular formula is C9H11NO. The van der Waals surface area contributed by atoms with Gasteiger partial charge in [-0.3, -0.25) is 4.98 Å². The third-order valence-electron chi connectivity index (χ3n) is 1.48. The van der Waals surface area contributed by atoms with Crippen LogP contribution in [0, 0.1) is 0 Å². The molecular weight excluding hydrogens is 138 g/mol. The Labute approximate surface area is 66.2 Å². The number of aliphatic hydroxyl groups excluding tert-OH is 1. The van der Waals surface area contributed by atoms with E-state index in [1.54, 1.807) is 12.4 Å². The van der Waals surface area contributed by atoms with E-state index in [-0.39, 0.29) is 6.61 Å². The van der Waals surface area contributed by atoms with Crippen LogP contribution in [0.4, 0.5) is 0 Å². The number of hydrogen-bond acceptors (Lipinski definition) is 2. The fraction of sp³-hybridized carbons (Fsp3) is 0.222. The monoisotopic (exact) mass is 149 g/mol. The Bertz CT molecular complexity index is 231. The number of aliphatic hydroxyl groups is 1. The summed E-state index contributed by atoms with van der Waals surface area (Å²) in [6.07, 6.45) is 4.08. The van der Waals surface area contributed by atoms with Crippen molar-refractivity contribution in [2.24, 2.45) is 0 Å². The lowest BCUT2D eigenvalue weighted by Crippen LogP contribution is -1.87. The maximum Gasteiger partial charge on any atom is 0.0471 e. The highest BCUT2D eigenvalue weighted by Gasteiger charge is 1.95. The summed E-state index contributed by atoms with van der Waals surface area (Å²) < 4.78 is 0. The van der Waals surface area contributed by atoms with Crippen LogP contribution in [-0.4, -0.2) is 16.7 Å². The summed E-state index contributed by atoms with van der Waals surface area (Å²) in [5, 5.41) is 8.62. The highest BCUT2D eigenvalue weighted by molar-refractivity contribution is 5.62. The highest BCUT2D eigenvalue weighted by atomic mass is 16.2. The lowest BCUT2D eigenvalue weighted by molar-refractivity contribution is 0.305. The smallest absolute Gasteiger partial charge is 0.0471 e. The van der Waals surface area contributed by atoms with Gasteiger partial charge in [0.15, 0.2) is 0 Å². The average molecular weight is 149 g/mol. The molecule has 11 heavy (non-hydrogen) atoms. The summed E-state index contributed by atoms with van der Waals surface area (Å²) in [5.74, 6) is 0. The summed E-state index contributed by atoms with van der Waals surface area (Å²) in [5.41, 5.74) is 1.93. The molecule has 0 amide bonds. The van der Waals surface area contributed by atoms with Crippen LogP contribution in [0.2, 0.25) is 0 Å². The third kappa shape index (κ3) is 2.16. The van der Waals surface area contributed by atoms with Gasteiger partial charge < -0.3 is 5.11 Å². The van der Waals surface area contributed by atoms with Gasteiger partial charge >= 0.3 is 0 Å².